The molecule has 0 aliphatic rings. The smallest absolute Gasteiger partial charge is 0.198 e. The molecular weight excluding hydrogens is 268 g/mol. The molecule has 0 N–H and O–H groups in total. The Morgan fingerprint density at radius 1 is 1.05 bits per heavy atom. The molecule has 0 aliphatic carbocycles. The molecule has 0 bridgehead atoms. The standard InChI is InChI=1S/C16H16N2O3/c1-19-12-7-5-11(10-14(12)20-2)6-8-15-18-16-13(21-15)4-3-9-17-16/h3-5,7,9-10H,6,8H2,1-2H3. The minimum absolute atomic E-state index is 0.653. The fourth-order valence-electron chi connectivity index (χ4n) is 2.21. The van der Waals surface area contributed by atoms with Gasteiger partial charge in [-0.15, -0.1) is 0 Å². The van der Waals surface area contributed by atoms with Crippen molar-refractivity contribution in [1.29, 1.82) is 0 Å². The number of methoxy groups -OCH3 is 2. The molecule has 5 nitrogen and oxygen atoms in total. The van der Waals surface area contributed by atoms with E-state index in [0.29, 0.717) is 18.0 Å². The summed E-state index contributed by atoms with van der Waals surface area (Å²) in [6.07, 6.45) is 3.24. The SMILES string of the molecule is COc1ccc(CCc2nc3ncccc3o2)cc1OC. The largest absolute Gasteiger partial charge is 0.493 e. The molecule has 5 heteroatoms. The highest BCUT2D eigenvalue weighted by Gasteiger charge is 2.08. The molecule has 0 radical (unpaired) electrons. The van der Waals surface area contributed by atoms with E-state index in [-0.39, 0.29) is 0 Å². The van der Waals surface area contributed by atoms with E-state index in [1.165, 1.54) is 0 Å². The number of oxazole rings is 1. The average Bonchev–Trinajstić information content (AvgIpc) is 2.95. The highest BCUT2D eigenvalue weighted by Crippen LogP contribution is 2.28. The molecule has 0 unspecified atom stereocenters. The van der Waals surface area contributed by atoms with Gasteiger partial charge in [0.05, 0.1) is 14.2 Å². The minimum atomic E-state index is 0.653. The fourth-order valence-corrected chi connectivity index (χ4v) is 2.21. The van der Waals surface area contributed by atoms with Crippen LogP contribution in [-0.2, 0) is 12.8 Å². The summed E-state index contributed by atoms with van der Waals surface area (Å²) < 4.78 is 16.2. The maximum absolute atomic E-state index is 5.66. The number of rotatable bonds is 5. The van der Waals surface area contributed by atoms with E-state index in [2.05, 4.69) is 9.97 Å². The normalized spacial score (nSPS) is 10.8. The third-order valence-electron chi connectivity index (χ3n) is 3.28. The Morgan fingerprint density at radius 3 is 2.67 bits per heavy atom. The van der Waals surface area contributed by atoms with Crippen molar-refractivity contribution >= 4 is 11.2 Å². The van der Waals surface area contributed by atoms with Gasteiger partial charge in [-0.3, -0.25) is 0 Å². The third-order valence-corrected chi connectivity index (χ3v) is 3.28. The lowest BCUT2D eigenvalue weighted by molar-refractivity contribution is 0.354. The zero-order chi connectivity index (χ0) is 14.7. The van der Waals surface area contributed by atoms with E-state index in [4.69, 9.17) is 13.9 Å². The second-order valence-corrected chi connectivity index (χ2v) is 4.62. The van der Waals surface area contributed by atoms with Crippen LogP contribution in [0.1, 0.15) is 11.5 Å². The molecule has 0 spiro atoms. The van der Waals surface area contributed by atoms with Gasteiger partial charge < -0.3 is 13.9 Å². The van der Waals surface area contributed by atoms with E-state index >= 15 is 0 Å². The molecule has 1 aromatic carbocycles. The molecule has 21 heavy (non-hydrogen) atoms. The molecule has 2 heterocycles. The Labute approximate surface area is 122 Å². The summed E-state index contributed by atoms with van der Waals surface area (Å²) in [5.74, 6) is 2.15. The summed E-state index contributed by atoms with van der Waals surface area (Å²) >= 11 is 0. The average molecular weight is 284 g/mol. The van der Waals surface area contributed by atoms with E-state index < -0.39 is 0 Å². The van der Waals surface area contributed by atoms with Gasteiger partial charge in [0.25, 0.3) is 0 Å². The second kappa shape index (κ2) is 5.83. The van der Waals surface area contributed by atoms with E-state index in [1.54, 1.807) is 20.4 Å². The van der Waals surface area contributed by atoms with Crippen LogP contribution < -0.4 is 9.47 Å². The second-order valence-electron chi connectivity index (χ2n) is 4.62. The number of fused-ring (bicyclic) bond motifs is 1. The fraction of sp³-hybridized carbons (Fsp3) is 0.250. The molecule has 3 aromatic rings. The molecule has 3 rings (SSSR count). The Hall–Kier alpha value is -2.56. The Bertz CT molecular complexity index is 719. The van der Waals surface area contributed by atoms with Gasteiger partial charge in [-0.2, -0.15) is 4.98 Å². The molecule has 108 valence electrons. The van der Waals surface area contributed by atoms with Gasteiger partial charge in [0.15, 0.2) is 28.6 Å². The molecular formula is C16H16N2O3. The van der Waals surface area contributed by atoms with E-state index in [0.717, 1.165) is 29.1 Å². The molecule has 0 fully saturated rings. The van der Waals surface area contributed by atoms with Crippen molar-refractivity contribution in [2.24, 2.45) is 0 Å². The van der Waals surface area contributed by atoms with Crippen molar-refractivity contribution in [2.75, 3.05) is 14.2 Å². The van der Waals surface area contributed by atoms with Gasteiger partial charge in [0.1, 0.15) is 0 Å². The topological polar surface area (TPSA) is 57.4 Å². The Morgan fingerprint density at radius 2 is 1.90 bits per heavy atom. The number of aryl methyl sites for hydroxylation is 2. The first-order chi connectivity index (χ1) is 10.3. The molecule has 0 amide bonds. The lowest BCUT2D eigenvalue weighted by Gasteiger charge is -2.08. The van der Waals surface area contributed by atoms with Crippen LogP contribution in [0.15, 0.2) is 40.9 Å². The van der Waals surface area contributed by atoms with Gasteiger partial charge >= 0.3 is 0 Å². The van der Waals surface area contributed by atoms with Crippen LogP contribution in [0, 0.1) is 0 Å². The predicted octanol–water partition coefficient (Wildman–Crippen LogP) is 3.03. The summed E-state index contributed by atoms with van der Waals surface area (Å²) in [4.78, 5) is 8.54. The molecule has 0 aliphatic heterocycles. The van der Waals surface area contributed by atoms with Crippen LogP contribution >= 0.6 is 0 Å². The maximum atomic E-state index is 5.66. The summed E-state index contributed by atoms with van der Waals surface area (Å²) in [6, 6.07) is 9.60. The van der Waals surface area contributed by atoms with Crippen LogP contribution in [0.3, 0.4) is 0 Å². The van der Waals surface area contributed by atoms with E-state index in [9.17, 15) is 0 Å². The van der Waals surface area contributed by atoms with Crippen molar-refractivity contribution in [3.63, 3.8) is 0 Å². The summed E-state index contributed by atoms with van der Waals surface area (Å²) in [5, 5.41) is 0. The number of ether oxygens (including phenoxy) is 2. The summed E-state index contributed by atoms with van der Waals surface area (Å²) in [6.45, 7) is 0. The van der Waals surface area contributed by atoms with Gasteiger partial charge in [0.2, 0.25) is 0 Å². The van der Waals surface area contributed by atoms with Crippen molar-refractivity contribution in [2.45, 2.75) is 12.8 Å². The third kappa shape index (κ3) is 2.81. The van der Waals surface area contributed by atoms with E-state index in [1.807, 2.05) is 30.3 Å². The highest BCUT2D eigenvalue weighted by atomic mass is 16.5. The lowest BCUT2D eigenvalue weighted by atomic mass is 10.1. The first-order valence-corrected chi connectivity index (χ1v) is 6.71. The van der Waals surface area contributed by atoms with Crippen molar-refractivity contribution < 1.29 is 13.9 Å². The number of hydrogen-bond acceptors (Lipinski definition) is 5. The summed E-state index contributed by atoms with van der Waals surface area (Å²) in [7, 11) is 3.26. The minimum Gasteiger partial charge on any atom is -0.493 e. The molecule has 0 atom stereocenters. The van der Waals surface area contributed by atoms with Crippen molar-refractivity contribution in [3.05, 3.63) is 48.0 Å². The number of pyridine rings is 1. The predicted molar refractivity (Wildman–Crippen MR) is 78.8 cm³/mol. The Balaban J connectivity index is 1.75. The highest BCUT2D eigenvalue weighted by molar-refractivity contribution is 5.66. The first kappa shape index (κ1) is 13.4. The van der Waals surface area contributed by atoms with Crippen molar-refractivity contribution in [3.8, 4) is 11.5 Å². The maximum Gasteiger partial charge on any atom is 0.198 e. The van der Waals surface area contributed by atoms with Crippen LogP contribution in [0.2, 0.25) is 0 Å². The number of nitrogens with zero attached hydrogens (tertiary/aromatic N) is 2. The van der Waals surface area contributed by atoms with Gasteiger partial charge in [-0.1, -0.05) is 6.07 Å². The van der Waals surface area contributed by atoms with Gasteiger partial charge in [0, 0.05) is 12.6 Å². The van der Waals surface area contributed by atoms with Crippen LogP contribution in [0.5, 0.6) is 11.5 Å². The number of hydrogen-bond donors (Lipinski definition) is 0. The summed E-state index contributed by atoms with van der Waals surface area (Å²) in [5.41, 5.74) is 2.52. The molecule has 2 aromatic heterocycles. The molecule has 0 saturated heterocycles. The number of benzene rings is 1. The quantitative estimate of drug-likeness (QED) is 0.720. The number of aromatic nitrogens is 2. The van der Waals surface area contributed by atoms with Crippen LogP contribution in [-0.4, -0.2) is 24.2 Å². The lowest BCUT2D eigenvalue weighted by Crippen LogP contribution is -1.95. The van der Waals surface area contributed by atoms with Crippen molar-refractivity contribution in [1.82, 2.24) is 9.97 Å². The first-order valence-electron chi connectivity index (χ1n) is 6.71. The monoisotopic (exact) mass is 284 g/mol. The zero-order valence-electron chi connectivity index (χ0n) is 12.0. The van der Waals surface area contributed by atoms with Crippen LogP contribution in [0.25, 0.3) is 11.2 Å². The molecule has 0 saturated carbocycles. The Kier molecular flexibility index (Phi) is 3.73. The van der Waals surface area contributed by atoms with Crippen LogP contribution in [0.4, 0.5) is 0 Å². The van der Waals surface area contributed by atoms with Gasteiger partial charge in [-0.05, 0) is 36.2 Å². The zero-order valence-corrected chi connectivity index (χ0v) is 12.0. The van der Waals surface area contributed by atoms with Gasteiger partial charge in [-0.25, -0.2) is 4.98 Å².